The Morgan fingerprint density at radius 2 is 1.92 bits per heavy atom. The van der Waals surface area contributed by atoms with Crippen molar-refractivity contribution in [1.29, 1.82) is 0 Å². The SMILES string of the molecule is C[C@H]1CCN(C(C)(C)C)C[C@H]1F. The van der Waals surface area contributed by atoms with Crippen LogP contribution in [0.3, 0.4) is 0 Å². The molecule has 1 fully saturated rings. The van der Waals surface area contributed by atoms with Crippen molar-refractivity contribution in [2.75, 3.05) is 13.1 Å². The standard InChI is InChI=1S/C10H20FN/c1-8-5-6-12(7-9(8)11)10(2,3)4/h8-9H,5-7H2,1-4H3/t8-,9+/m0/s1. The van der Waals surface area contributed by atoms with Crippen molar-refractivity contribution in [3.05, 3.63) is 0 Å². The Hall–Kier alpha value is -0.110. The molecule has 0 saturated carbocycles. The van der Waals surface area contributed by atoms with Crippen molar-refractivity contribution < 1.29 is 4.39 Å². The van der Waals surface area contributed by atoms with E-state index in [4.69, 9.17) is 0 Å². The summed E-state index contributed by atoms with van der Waals surface area (Å²) in [6.45, 7) is 10.1. The lowest BCUT2D eigenvalue weighted by atomic mass is 9.93. The molecule has 0 N–H and O–H groups in total. The average molecular weight is 173 g/mol. The molecule has 1 saturated heterocycles. The van der Waals surface area contributed by atoms with E-state index in [9.17, 15) is 4.39 Å². The zero-order valence-corrected chi connectivity index (χ0v) is 8.60. The third-order valence-electron chi connectivity index (χ3n) is 2.82. The number of alkyl halides is 1. The van der Waals surface area contributed by atoms with Crippen molar-refractivity contribution in [2.45, 2.75) is 45.8 Å². The molecule has 0 aromatic heterocycles. The molecule has 0 radical (unpaired) electrons. The van der Waals surface area contributed by atoms with Gasteiger partial charge < -0.3 is 0 Å². The van der Waals surface area contributed by atoms with Crippen LogP contribution in [-0.4, -0.2) is 29.7 Å². The number of rotatable bonds is 0. The van der Waals surface area contributed by atoms with Crippen LogP contribution in [0.4, 0.5) is 4.39 Å². The van der Waals surface area contributed by atoms with Gasteiger partial charge in [-0.2, -0.15) is 0 Å². The van der Waals surface area contributed by atoms with Crippen LogP contribution in [0, 0.1) is 5.92 Å². The third kappa shape index (κ3) is 2.19. The molecule has 1 rings (SSSR count). The summed E-state index contributed by atoms with van der Waals surface area (Å²) in [6.07, 6.45) is 0.372. The third-order valence-corrected chi connectivity index (χ3v) is 2.82. The first-order valence-corrected chi connectivity index (χ1v) is 4.80. The number of piperidine rings is 1. The molecular weight excluding hydrogens is 153 g/mol. The van der Waals surface area contributed by atoms with Crippen LogP contribution < -0.4 is 0 Å². The molecule has 0 amide bonds. The first-order chi connectivity index (χ1) is 5.41. The quantitative estimate of drug-likeness (QED) is 0.544. The predicted octanol–water partition coefficient (Wildman–Crippen LogP) is 2.46. The van der Waals surface area contributed by atoms with Crippen molar-refractivity contribution in [3.8, 4) is 0 Å². The highest BCUT2D eigenvalue weighted by Crippen LogP contribution is 2.25. The highest BCUT2D eigenvalue weighted by atomic mass is 19.1. The van der Waals surface area contributed by atoms with E-state index in [1.54, 1.807) is 0 Å². The van der Waals surface area contributed by atoms with E-state index in [-0.39, 0.29) is 11.5 Å². The van der Waals surface area contributed by atoms with E-state index in [2.05, 4.69) is 25.7 Å². The van der Waals surface area contributed by atoms with Crippen LogP contribution in [0.15, 0.2) is 0 Å². The van der Waals surface area contributed by atoms with Gasteiger partial charge in [-0.3, -0.25) is 4.90 Å². The van der Waals surface area contributed by atoms with E-state index in [0.29, 0.717) is 6.54 Å². The second-order valence-electron chi connectivity index (χ2n) is 4.90. The second kappa shape index (κ2) is 3.33. The molecule has 0 aliphatic carbocycles. The summed E-state index contributed by atoms with van der Waals surface area (Å²) in [5.41, 5.74) is 0.129. The summed E-state index contributed by atoms with van der Waals surface area (Å²) in [4.78, 5) is 2.23. The number of hydrogen-bond donors (Lipinski definition) is 0. The Morgan fingerprint density at radius 3 is 2.33 bits per heavy atom. The van der Waals surface area contributed by atoms with E-state index in [1.807, 2.05) is 6.92 Å². The van der Waals surface area contributed by atoms with Crippen molar-refractivity contribution in [3.63, 3.8) is 0 Å². The minimum atomic E-state index is -0.627. The van der Waals surface area contributed by atoms with Gasteiger partial charge in [0.1, 0.15) is 6.17 Å². The van der Waals surface area contributed by atoms with E-state index in [0.717, 1.165) is 13.0 Å². The topological polar surface area (TPSA) is 3.24 Å². The fourth-order valence-corrected chi connectivity index (χ4v) is 1.63. The molecule has 0 bridgehead atoms. The minimum absolute atomic E-state index is 0.129. The van der Waals surface area contributed by atoms with Crippen LogP contribution in [0.1, 0.15) is 34.1 Å². The molecular formula is C10H20FN. The van der Waals surface area contributed by atoms with Gasteiger partial charge in [-0.05, 0) is 39.7 Å². The van der Waals surface area contributed by atoms with E-state index < -0.39 is 6.17 Å². The average Bonchev–Trinajstić information content (AvgIpc) is 1.92. The highest BCUT2D eigenvalue weighted by molar-refractivity contribution is 4.85. The lowest BCUT2D eigenvalue weighted by molar-refractivity contribution is 0.0337. The Kier molecular flexibility index (Phi) is 2.77. The van der Waals surface area contributed by atoms with Crippen LogP contribution in [0.5, 0.6) is 0 Å². The summed E-state index contributed by atoms with van der Waals surface area (Å²) in [6, 6.07) is 0. The smallest absolute Gasteiger partial charge is 0.115 e. The zero-order chi connectivity index (χ0) is 9.35. The molecule has 0 spiro atoms. The Balaban J connectivity index is 2.51. The molecule has 1 aliphatic heterocycles. The number of nitrogens with zero attached hydrogens (tertiary/aromatic N) is 1. The monoisotopic (exact) mass is 173 g/mol. The summed E-state index contributed by atoms with van der Waals surface area (Å²) in [5.74, 6) is 0.253. The van der Waals surface area contributed by atoms with Gasteiger partial charge in [0.2, 0.25) is 0 Å². The fourth-order valence-electron chi connectivity index (χ4n) is 1.63. The van der Waals surface area contributed by atoms with Crippen molar-refractivity contribution >= 4 is 0 Å². The van der Waals surface area contributed by atoms with Crippen LogP contribution in [0.2, 0.25) is 0 Å². The molecule has 2 heteroatoms. The lowest BCUT2D eigenvalue weighted by Crippen LogP contribution is -2.50. The summed E-state index contributed by atoms with van der Waals surface area (Å²) < 4.78 is 13.3. The van der Waals surface area contributed by atoms with Crippen molar-refractivity contribution in [2.24, 2.45) is 5.92 Å². The minimum Gasteiger partial charge on any atom is -0.296 e. The maximum atomic E-state index is 13.3. The summed E-state index contributed by atoms with van der Waals surface area (Å²) in [7, 11) is 0. The first-order valence-electron chi connectivity index (χ1n) is 4.80. The number of halogens is 1. The maximum absolute atomic E-state index is 13.3. The summed E-state index contributed by atoms with van der Waals surface area (Å²) >= 11 is 0. The Labute approximate surface area is 74.9 Å². The van der Waals surface area contributed by atoms with Crippen molar-refractivity contribution in [1.82, 2.24) is 4.90 Å². The van der Waals surface area contributed by atoms with E-state index >= 15 is 0 Å². The van der Waals surface area contributed by atoms with Gasteiger partial charge >= 0.3 is 0 Å². The van der Waals surface area contributed by atoms with Gasteiger partial charge in [0.15, 0.2) is 0 Å². The molecule has 2 atom stereocenters. The number of hydrogen-bond acceptors (Lipinski definition) is 1. The van der Waals surface area contributed by atoms with E-state index in [1.165, 1.54) is 0 Å². The molecule has 0 aromatic carbocycles. The molecule has 1 nitrogen and oxygen atoms in total. The van der Waals surface area contributed by atoms with Gasteiger partial charge in [-0.1, -0.05) is 6.92 Å². The summed E-state index contributed by atoms with van der Waals surface area (Å²) in [5, 5.41) is 0. The number of likely N-dealkylation sites (tertiary alicyclic amines) is 1. The highest BCUT2D eigenvalue weighted by Gasteiger charge is 2.31. The lowest BCUT2D eigenvalue weighted by Gasteiger charge is -2.41. The normalized spacial score (nSPS) is 33.8. The van der Waals surface area contributed by atoms with Gasteiger partial charge in [-0.25, -0.2) is 4.39 Å². The molecule has 72 valence electrons. The van der Waals surface area contributed by atoms with Gasteiger partial charge in [0.05, 0.1) is 0 Å². The van der Waals surface area contributed by atoms with Gasteiger partial charge in [0.25, 0.3) is 0 Å². The molecule has 0 unspecified atom stereocenters. The first kappa shape index (κ1) is 9.97. The van der Waals surface area contributed by atoms with Gasteiger partial charge in [0, 0.05) is 12.1 Å². The zero-order valence-electron chi connectivity index (χ0n) is 8.60. The molecule has 0 aromatic rings. The second-order valence-corrected chi connectivity index (χ2v) is 4.90. The molecule has 12 heavy (non-hydrogen) atoms. The molecule has 1 aliphatic rings. The van der Waals surface area contributed by atoms with Crippen LogP contribution >= 0.6 is 0 Å². The van der Waals surface area contributed by atoms with Gasteiger partial charge in [-0.15, -0.1) is 0 Å². The Bertz CT molecular complexity index is 150. The van der Waals surface area contributed by atoms with Crippen LogP contribution in [-0.2, 0) is 0 Å². The predicted molar refractivity (Wildman–Crippen MR) is 50.0 cm³/mol. The Morgan fingerprint density at radius 1 is 1.33 bits per heavy atom. The van der Waals surface area contributed by atoms with Crippen LogP contribution in [0.25, 0.3) is 0 Å². The molecule has 1 heterocycles. The maximum Gasteiger partial charge on any atom is 0.115 e. The largest absolute Gasteiger partial charge is 0.296 e. The fraction of sp³-hybridized carbons (Fsp3) is 1.00.